The van der Waals surface area contributed by atoms with Crippen LogP contribution in [0, 0.1) is 5.92 Å². The smallest absolute Gasteiger partial charge is 0.0787 e. The molecule has 0 bridgehead atoms. The lowest BCUT2D eigenvalue weighted by molar-refractivity contribution is 0.173. The zero-order chi connectivity index (χ0) is 14.3. The van der Waals surface area contributed by atoms with E-state index in [4.69, 9.17) is 0 Å². The number of rotatable bonds is 8. The van der Waals surface area contributed by atoms with Gasteiger partial charge in [0.1, 0.15) is 0 Å². The second-order valence-corrected chi connectivity index (χ2v) is 5.24. The molecule has 0 radical (unpaired) electrons. The third kappa shape index (κ3) is 4.54. The zero-order valence-corrected chi connectivity index (χ0v) is 12.9. The van der Waals surface area contributed by atoms with Gasteiger partial charge in [-0.15, -0.1) is 0 Å². The third-order valence-corrected chi connectivity index (χ3v) is 4.04. The normalized spacial score (nSPS) is 12.7. The Hall–Kier alpha value is -1.02. The van der Waals surface area contributed by atoms with Crippen molar-refractivity contribution < 1.29 is 5.11 Å². The first-order chi connectivity index (χ1) is 9.15. The van der Waals surface area contributed by atoms with E-state index in [0.717, 1.165) is 31.0 Å². The maximum Gasteiger partial charge on any atom is 0.0787 e. The van der Waals surface area contributed by atoms with Crippen molar-refractivity contribution in [3.63, 3.8) is 0 Å². The Labute approximate surface area is 118 Å². The fourth-order valence-electron chi connectivity index (χ4n) is 2.42. The van der Waals surface area contributed by atoms with Gasteiger partial charge >= 0.3 is 0 Å². The van der Waals surface area contributed by atoms with Crippen LogP contribution in [0.2, 0.25) is 0 Å². The predicted molar refractivity (Wildman–Crippen MR) is 83.7 cm³/mol. The summed E-state index contributed by atoms with van der Waals surface area (Å²) in [5, 5.41) is 9.82. The topological polar surface area (TPSA) is 23.5 Å². The summed E-state index contributed by atoms with van der Waals surface area (Å²) in [5.74, 6) is 0.765. The van der Waals surface area contributed by atoms with Crippen LogP contribution in [-0.2, 0) is 0 Å². The number of hydrogen-bond donors (Lipinski definition) is 1. The molecule has 108 valence electrons. The van der Waals surface area contributed by atoms with Crippen molar-refractivity contribution in [2.45, 2.75) is 53.1 Å². The molecule has 1 N–H and O–H groups in total. The van der Waals surface area contributed by atoms with Gasteiger partial charge in [0.15, 0.2) is 0 Å². The van der Waals surface area contributed by atoms with E-state index in [1.165, 1.54) is 18.5 Å². The molecule has 0 saturated heterocycles. The first kappa shape index (κ1) is 16.0. The molecule has 0 aliphatic rings. The molecule has 2 heteroatoms. The van der Waals surface area contributed by atoms with Crippen LogP contribution in [0.1, 0.15) is 58.6 Å². The molecule has 1 aromatic rings. The monoisotopic (exact) mass is 263 g/mol. The Bertz CT molecular complexity index is 343. The van der Waals surface area contributed by atoms with Crippen LogP contribution >= 0.6 is 0 Å². The minimum absolute atomic E-state index is 0.330. The van der Waals surface area contributed by atoms with Crippen LogP contribution in [0.3, 0.4) is 0 Å². The second kappa shape index (κ2) is 8.21. The van der Waals surface area contributed by atoms with Crippen molar-refractivity contribution in [2.24, 2.45) is 5.92 Å². The predicted octanol–water partition coefficient (Wildman–Crippen LogP) is 4.39. The standard InChI is InChI=1S/C17H29NO/c1-5-14(6-2)13-18(8-4)16-11-9-15(10-12-16)17(19)7-3/h9-12,14,17,19H,5-8,13H2,1-4H3/t17-/m0/s1. The van der Waals surface area contributed by atoms with E-state index in [2.05, 4.69) is 49.9 Å². The van der Waals surface area contributed by atoms with Gasteiger partial charge in [0.2, 0.25) is 0 Å². The van der Waals surface area contributed by atoms with Gasteiger partial charge in [-0.2, -0.15) is 0 Å². The number of nitrogens with zero attached hydrogens (tertiary/aromatic N) is 1. The van der Waals surface area contributed by atoms with Gasteiger partial charge in [-0.1, -0.05) is 45.7 Å². The first-order valence-corrected chi connectivity index (χ1v) is 7.69. The van der Waals surface area contributed by atoms with Crippen LogP contribution in [0.25, 0.3) is 0 Å². The van der Waals surface area contributed by atoms with Gasteiger partial charge in [0.05, 0.1) is 6.10 Å². The molecular weight excluding hydrogens is 234 g/mol. The summed E-state index contributed by atoms with van der Waals surface area (Å²) >= 11 is 0. The summed E-state index contributed by atoms with van der Waals surface area (Å²) in [6, 6.07) is 8.39. The fourth-order valence-corrected chi connectivity index (χ4v) is 2.42. The molecule has 0 aliphatic heterocycles. The highest BCUT2D eigenvalue weighted by Crippen LogP contribution is 2.22. The summed E-state index contributed by atoms with van der Waals surface area (Å²) in [7, 11) is 0. The first-order valence-electron chi connectivity index (χ1n) is 7.69. The van der Waals surface area contributed by atoms with E-state index in [9.17, 15) is 5.11 Å². The molecular formula is C17H29NO. The number of aliphatic hydroxyl groups is 1. The van der Waals surface area contributed by atoms with Crippen molar-refractivity contribution >= 4 is 5.69 Å². The van der Waals surface area contributed by atoms with Crippen LogP contribution < -0.4 is 4.90 Å². The van der Waals surface area contributed by atoms with Crippen molar-refractivity contribution in [3.05, 3.63) is 29.8 Å². The summed E-state index contributed by atoms with van der Waals surface area (Å²) in [6.45, 7) is 10.9. The van der Waals surface area contributed by atoms with Gasteiger partial charge < -0.3 is 10.0 Å². The summed E-state index contributed by atoms with van der Waals surface area (Å²) in [4.78, 5) is 2.43. The van der Waals surface area contributed by atoms with E-state index in [1.807, 2.05) is 6.92 Å². The van der Waals surface area contributed by atoms with E-state index in [-0.39, 0.29) is 6.10 Å². The van der Waals surface area contributed by atoms with Gasteiger partial charge in [-0.05, 0) is 37.0 Å². The van der Waals surface area contributed by atoms with E-state index in [1.54, 1.807) is 0 Å². The summed E-state index contributed by atoms with van der Waals surface area (Å²) in [6.07, 6.45) is 2.91. The fraction of sp³-hybridized carbons (Fsp3) is 0.647. The average molecular weight is 263 g/mol. The molecule has 1 rings (SSSR count). The second-order valence-electron chi connectivity index (χ2n) is 5.24. The van der Waals surface area contributed by atoms with Gasteiger partial charge in [-0.25, -0.2) is 0 Å². The highest BCUT2D eigenvalue weighted by Gasteiger charge is 2.11. The summed E-state index contributed by atoms with van der Waals surface area (Å²) < 4.78 is 0. The molecule has 0 aromatic heterocycles. The minimum Gasteiger partial charge on any atom is -0.388 e. The number of hydrogen-bond acceptors (Lipinski definition) is 2. The largest absolute Gasteiger partial charge is 0.388 e. The average Bonchev–Trinajstić information content (AvgIpc) is 2.48. The Kier molecular flexibility index (Phi) is 6.93. The maximum atomic E-state index is 9.82. The van der Waals surface area contributed by atoms with Crippen LogP contribution in [0.4, 0.5) is 5.69 Å². The lowest BCUT2D eigenvalue weighted by Crippen LogP contribution is -2.28. The lowest BCUT2D eigenvalue weighted by Gasteiger charge is -2.27. The molecule has 1 aromatic carbocycles. The molecule has 0 unspecified atom stereocenters. The third-order valence-electron chi connectivity index (χ3n) is 4.04. The van der Waals surface area contributed by atoms with E-state index < -0.39 is 0 Å². The Morgan fingerprint density at radius 3 is 1.95 bits per heavy atom. The quantitative estimate of drug-likeness (QED) is 0.751. The molecule has 0 aliphatic carbocycles. The molecule has 0 fully saturated rings. The molecule has 0 amide bonds. The Morgan fingerprint density at radius 2 is 1.53 bits per heavy atom. The maximum absolute atomic E-state index is 9.82. The van der Waals surface area contributed by atoms with Gasteiger partial charge in [0, 0.05) is 18.8 Å². The molecule has 1 atom stereocenters. The Morgan fingerprint density at radius 1 is 0.947 bits per heavy atom. The molecule has 0 saturated carbocycles. The van der Waals surface area contributed by atoms with E-state index in [0.29, 0.717) is 0 Å². The van der Waals surface area contributed by atoms with Crippen molar-refractivity contribution in [1.82, 2.24) is 0 Å². The number of anilines is 1. The number of aliphatic hydroxyl groups excluding tert-OH is 1. The van der Waals surface area contributed by atoms with Crippen molar-refractivity contribution in [1.29, 1.82) is 0 Å². The van der Waals surface area contributed by atoms with Crippen LogP contribution in [-0.4, -0.2) is 18.2 Å². The SMILES string of the molecule is CCC(CC)CN(CC)c1ccc([C@@H](O)CC)cc1. The highest BCUT2D eigenvalue weighted by molar-refractivity contribution is 5.47. The minimum atomic E-state index is -0.330. The van der Waals surface area contributed by atoms with Crippen molar-refractivity contribution in [2.75, 3.05) is 18.0 Å². The molecule has 2 nitrogen and oxygen atoms in total. The molecule has 19 heavy (non-hydrogen) atoms. The van der Waals surface area contributed by atoms with Crippen LogP contribution in [0.15, 0.2) is 24.3 Å². The van der Waals surface area contributed by atoms with Gasteiger partial charge in [0.25, 0.3) is 0 Å². The van der Waals surface area contributed by atoms with Crippen molar-refractivity contribution in [3.8, 4) is 0 Å². The molecule has 0 spiro atoms. The highest BCUT2D eigenvalue weighted by atomic mass is 16.3. The molecule has 0 heterocycles. The van der Waals surface area contributed by atoms with Gasteiger partial charge in [-0.3, -0.25) is 0 Å². The van der Waals surface area contributed by atoms with Crippen LogP contribution in [0.5, 0.6) is 0 Å². The lowest BCUT2D eigenvalue weighted by atomic mass is 10.0. The van der Waals surface area contributed by atoms with E-state index >= 15 is 0 Å². The summed E-state index contributed by atoms with van der Waals surface area (Å²) in [5.41, 5.74) is 2.28. The zero-order valence-electron chi connectivity index (χ0n) is 12.9. The Balaban J connectivity index is 2.76. The number of benzene rings is 1.